The molecule has 0 saturated heterocycles. The third-order valence-electron chi connectivity index (χ3n) is 6.03. The first-order chi connectivity index (χ1) is 15.3. The van der Waals surface area contributed by atoms with Crippen molar-refractivity contribution in [1.82, 2.24) is 15.3 Å². The minimum absolute atomic E-state index is 0.209. The molecule has 1 aliphatic rings. The Morgan fingerprint density at radius 3 is 2.47 bits per heavy atom. The lowest BCUT2D eigenvalue weighted by atomic mass is 9.83. The summed E-state index contributed by atoms with van der Waals surface area (Å²) in [5, 5.41) is 4.66. The largest absolute Gasteiger partial charge is 0.362 e. The van der Waals surface area contributed by atoms with E-state index < -0.39 is 0 Å². The summed E-state index contributed by atoms with van der Waals surface area (Å²) >= 11 is 5.75. The van der Waals surface area contributed by atoms with E-state index in [1.165, 1.54) is 25.7 Å². The molecule has 4 nitrogen and oxygen atoms in total. The van der Waals surface area contributed by atoms with E-state index in [9.17, 15) is 4.39 Å². The van der Waals surface area contributed by atoms with Crippen LogP contribution in [-0.2, 0) is 6.54 Å². The second kappa shape index (κ2) is 11.6. The van der Waals surface area contributed by atoms with Crippen molar-refractivity contribution in [2.75, 3.05) is 25.5 Å². The molecule has 1 aromatic heterocycles. The fourth-order valence-electron chi connectivity index (χ4n) is 4.14. The molecule has 0 spiro atoms. The number of nitrogens with one attached hydrogen (secondary N) is 1. The van der Waals surface area contributed by atoms with E-state index in [0.29, 0.717) is 12.1 Å². The first-order valence-electron chi connectivity index (χ1n) is 11.4. The van der Waals surface area contributed by atoms with Crippen molar-refractivity contribution in [3.05, 3.63) is 64.7 Å². The van der Waals surface area contributed by atoms with Gasteiger partial charge in [0.25, 0.3) is 0 Å². The van der Waals surface area contributed by atoms with Crippen molar-refractivity contribution in [3.63, 3.8) is 0 Å². The van der Waals surface area contributed by atoms with Gasteiger partial charge in [-0.3, -0.25) is 0 Å². The molecule has 2 aromatic carbocycles. The molecule has 0 amide bonds. The van der Waals surface area contributed by atoms with Crippen LogP contribution in [0.15, 0.2) is 42.5 Å². The van der Waals surface area contributed by atoms with E-state index in [-0.39, 0.29) is 10.8 Å². The molecule has 0 unspecified atom stereocenters. The van der Waals surface area contributed by atoms with Crippen molar-refractivity contribution in [3.8, 4) is 0 Å². The lowest BCUT2D eigenvalue weighted by molar-refractivity contribution is 0.281. The molecule has 1 saturated carbocycles. The minimum Gasteiger partial charge on any atom is -0.362 e. The highest BCUT2D eigenvalue weighted by Crippen LogP contribution is 2.28. The number of aryl methyl sites for hydroxylation is 1. The average Bonchev–Trinajstić information content (AvgIpc) is 2.78. The van der Waals surface area contributed by atoms with Crippen molar-refractivity contribution < 1.29 is 4.39 Å². The Morgan fingerprint density at radius 2 is 1.75 bits per heavy atom. The zero-order valence-electron chi connectivity index (χ0n) is 19.5. The Labute approximate surface area is 196 Å². The fraction of sp³-hybridized carbons (Fsp3) is 0.462. The molecule has 1 aliphatic carbocycles. The number of halogens is 2. The zero-order chi connectivity index (χ0) is 23.1. The maximum atomic E-state index is 13.6. The zero-order valence-corrected chi connectivity index (χ0v) is 20.3. The third kappa shape index (κ3) is 6.63. The van der Waals surface area contributed by atoms with Crippen molar-refractivity contribution in [1.29, 1.82) is 0 Å². The number of para-hydroxylation sites is 1. The topological polar surface area (TPSA) is 41.1 Å². The number of fused-ring (bicyclic) bond motifs is 1. The van der Waals surface area contributed by atoms with Gasteiger partial charge in [0.05, 0.1) is 10.5 Å². The van der Waals surface area contributed by atoms with Crippen LogP contribution in [0.4, 0.5) is 10.2 Å². The summed E-state index contributed by atoms with van der Waals surface area (Å²) in [4.78, 5) is 10.8. The highest BCUT2D eigenvalue weighted by Gasteiger charge is 2.17. The normalized spacial score (nSPS) is 18.2. The molecule has 172 valence electrons. The molecule has 0 bridgehead atoms. The van der Waals surface area contributed by atoms with Gasteiger partial charge in [0, 0.05) is 31.6 Å². The predicted octanol–water partition coefficient (Wildman–Crippen LogP) is 6.40. The van der Waals surface area contributed by atoms with Gasteiger partial charge in [0.1, 0.15) is 17.5 Å². The maximum Gasteiger partial charge on any atom is 0.146 e. The third-order valence-corrected chi connectivity index (χ3v) is 6.33. The smallest absolute Gasteiger partial charge is 0.146 e. The van der Waals surface area contributed by atoms with E-state index in [2.05, 4.69) is 22.2 Å². The van der Waals surface area contributed by atoms with E-state index in [4.69, 9.17) is 11.6 Å². The summed E-state index contributed by atoms with van der Waals surface area (Å²) in [7, 11) is 3.99. The van der Waals surface area contributed by atoms with E-state index in [1.54, 1.807) is 18.2 Å². The number of anilines is 1. The van der Waals surface area contributed by atoms with Crippen molar-refractivity contribution in [2.24, 2.45) is 11.8 Å². The number of rotatable bonds is 5. The molecule has 0 atom stereocenters. The Bertz CT molecular complexity index is 1020. The Morgan fingerprint density at radius 1 is 1.03 bits per heavy atom. The summed E-state index contributed by atoms with van der Waals surface area (Å²) in [5.74, 6) is 3.14. The Hall–Kier alpha value is -2.24. The van der Waals surface area contributed by atoms with E-state index in [0.717, 1.165) is 40.9 Å². The predicted molar refractivity (Wildman–Crippen MR) is 133 cm³/mol. The summed E-state index contributed by atoms with van der Waals surface area (Å²) in [6.45, 7) is 5.79. The fourth-order valence-corrected chi connectivity index (χ4v) is 4.34. The molecule has 1 N–H and O–H groups in total. The van der Waals surface area contributed by atoms with Gasteiger partial charge in [0.2, 0.25) is 0 Å². The Kier molecular flexibility index (Phi) is 8.83. The molecular formula is C26H34ClFN4. The van der Waals surface area contributed by atoms with Gasteiger partial charge in [-0.05, 0) is 56.3 Å². The van der Waals surface area contributed by atoms with Gasteiger partial charge in [-0.1, -0.05) is 55.6 Å². The molecule has 4 rings (SSSR count). The van der Waals surface area contributed by atoms with Crippen molar-refractivity contribution >= 4 is 28.3 Å². The first-order valence-corrected chi connectivity index (χ1v) is 11.8. The molecular weight excluding hydrogens is 423 g/mol. The van der Waals surface area contributed by atoms with Gasteiger partial charge >= 0.3 is 0 Å². The first kappa shape index (κ1) is 24.4. The Balaban J connectivity index is 0.000000186. The molecule has 3 aromatic rings. The molecule has 1 fully saturated rings. The van der Waals surface area contributed by atoms with Gasteiger partial charge in [-0.2, -0.15) is 0 Å². The lowest BCUT2D eigenvalue weighted by Gasteiger charge is -2.26. The van der Waals surface area contributed by atoms with Crippen LogP contribution in [0.3, 0.4) is 0 Å². The standard InChI is InChI=1S/C15H21ClFN.C11H13N3/c1-11-5-7-12(8-6-11)9-18-10-13-3-2-4-14(16)15(13)17;1-8-12-10-7-5-4-6-9(10)11(13-8)14(2)3/h2-4,11-12,18H,5-10H2,1H3;4-7H,1-3H3. The quantitative estimate of drug-likeness (QED) is 0.482. The summed E-state index contributed by atoms with van der Waals surface area (Å²) in [6.07, 6.45) is 5.26. The van der Waals surface area contributed by atoms with Gasteiger partial charge < -0.3 is 10.2 Å². The monoisotopic (exact) mass is 456 g/mol. The number of benzene rings is 2. The van der Waals surface area contributed by atoms with Crippen LogP contribution >= 0.6 is 11.6 Å². The van der Waals surface area contributed by atoms with Crippen LogP contribution in [0.1, 0.15) is 44.0 Å². The number of hydrogen-bond acceptors (Lipinski definition) is 4. The van der Waals surface area contributed by atoms with Crippen LogP contribution in [0, 0.1) is 24.6 Å². The van der Waals surface area contributed by atoms with Crippen LogP contribution in [0.2, 0.25) is 5.02 Å². The lowest BCUT2D eigenvalue weighted by Crippen LogP contribution is -2.26. The highest BCUT2D eigenvalue weighted by molar-refractivity contribution is 6.30. The minimum atomic E-state index is -0.288. The molecule has 1 heterocycles. The molecule has 6 heteroatoms. The number of hydrogen-bond donors (Lipinski definition) is 1. The van der Waals surface area contributed by atoms with Crippen LogP contribution in [0.25, 0.3) is 10.9 Å². The van der Waals surface area contributed by atoms with Crippen LogP contribution < -0.4 is 10.2 Å². The highest BCUT2D eigenvalue weighted by atomic mass is 35.5. The van der Waals surface area contributed by atoms with Gasteiger partial charge in [0.15, 0.2) is 0 Å². The molecule has 0 aliphatic heterocycles. The van der Waals surface area contributed by atoms with Gasteiger partial charge in [-0.15, -0.1) is 0 Å². The van der Waals surface area contributed by atoms with Crippen LogP contribution in [0.5, 0.6) is 0 Å². The van der Waals surface area contributed by atoms with E-state index >= 15 is 0 Å². The van der Waals surface area contributed by atoms with Crippen LogP contribution in [-0.4, -0.2) is 30.6 Å². The van der Waals surface area contributed by atoms with E-state index in [1.807, 2.05) is 50.2 Å². The second-order valence-electron chi connectivity index (χ2n) is 8.98. The SMILES string of the molecule is CC1CCC(CNCc2cccc(Cl)c2F)CC1.Cc1nc(N(C)C)c2ccccc2n1. The van der Waals surface area contributed by atoms with Crippen molar-refractivity contribution in [2.45, 2.75) is 46.1 Å². The summed E-state index contributed by atoms with van der Waals surface area (Å²) < 4.78 is 13.6. The molecule has 0 radical (unpaired) electrons. The van der Waals surface area contributed by atoms with Gasteiger partial charge in [-0.25, -0.2) is 14.4 Å². The summed E-state index contributed by atoms with van der Waals surface area (Å²) in [6, 6.07) is 13.2. The average molecular weight is 457 g/mol. The maximum absolute atomic E-state index is 13.6. The number of nitrogens with zero attached hydrogens (tertiary/aromatic N) is 3. The summed E-state index contributed by atoms with van der Waals surface area (Å²) in [5.41, 5.74) is 1.66. The molecule has 32 heavy (non-hydrogen) atoms. The number of aromatic nitrogens is 2. The second-order valence-corrected chi connectivity index (χ2v) is 9.38.